The van der Waals surface area contributed by atoms with E-state index < -0.39 is 17.5 Å². The molecular weight excluding hydrogens is 381 g/mol. The van der Waals surface area contributed by atoms with Crippen molar-refractivity contribution in [1.82, 2.24) is 14.5 Å². The van der Waals surface area contributed by atoms with Gasteiger partial charge in [0.25, 0.3) is 0 Å². The number of rotatable bonds is 4. The van der Waals surface area contributed by atoms with Gasteiger partial charge in [-0.3, -0.25) is 4.79 Å². The number of nitrogens with zero attached hydrogens (tertiary/aromatic N) is 3. The number of carbonyl (C=O) groups is 1. The molecular formula is C21H19F3N4O. The highest BCUT2D eigenvalue weighted by Crippen LogP contribution is 2.64. The number of halogens is 3. The van der Waals surface area contributed by atoms with Crippen molar-refractivity contribution >= 4 is 22.8 Å². The van der Waals surface area contributed by atoms with Crippen LogP contribution in [0.4, 0.5) is 19.0 Å². The summed E-state index contributed by atoms with van der Waals surface area (Å²) >= 11 is 0. The first-order valence-corrected chi connectivity index (χ1v) is 9.66. The summed E-state index contributed by atoms with van der Waals surface area (Å²) < 4.78 is 41.9. The molecule has 5 atom stereocenters. The molecule has 0 saturated heterocycles. The molecule has 29 heavy (non-hydrogen) atoms. The van der Waals surface area contributed by atoms with Gasteiger partial charge >= 0.3 is 0 Å². The van der Waals surface area contributed by atoms with Gasteiger partial charge in [0.2, 0.25) is 5.91 Å². The zero-order valence-electron chi connectivity index (χ0n) is 15.6. The molecule has 2 saturated carbocycles. The fraction of sp³-hybridized carbons (Fsp3) is 0.381. The van der Waals surface area contributed by atoms with Gasteiger partial charge in [-0.05, 0) is 42.7 Å². The third-order valence-electron chi connectivity index (χ3n) is 6.47. The van der Waals surface area contributed by atoms with Gasteiger partial charge in [-0.15, -0.1) is 0 Å². The predicted molar refractivity (Wildman–Crippen MR) is 100 cm³/mol. The Balaban J connectivity index is 1.25. The van der Waals surface area contributed by atoms with Gasteiger partial charge in [0.05, 0.1) is 23.6 Å². The number of fused-ring (bicyclic) bond motifs is 2. The molecule has 5 rings (SSSR count). The third kappa shape index (κ3) is 3.07. The minimum absolute atomic E-state index is 0.120. The van der Waals surface area contributed by atoms with Crippen LogP contribution in [0.5, 0.6) is 0 Å². The molecule has 0 radical (unpaired) electrons. The van der Waals surface area contributed by atoms with Gasteiger partial charge in [-0.25, -0.2) is 23.1 Å². The van der Waals surface area contributed by atoms with E-state index in [4.69, 9.17) is 0 Å². The number of imidazole rings is 1. The molecule has 1 N–H and O–H groups in total. The van der Waals surface area contributed by atoms with Crippen LogP contribution in [0.1, 0.15) is 25.8 Å². The molecule has 2 aliphatic rings. The minimum atomic E-state index is -0.896. The van der Waals surface area contributed by atoms with E-state index in [9.17, 15) is 18.0 Å². The Morgan fingerprint density at radius 1 is 1.14 bits per heavy atom. The summed E-state index contributed by atoms with van der Waals surface area (Å²) in [7, 11) is 0. The summed E-state index contributed by atoms with van der Waals surface area (Å²) in [6.45, 7) is 1.90. The lowest BCUT2D eigenvalue weighted by atomic mass is 9.96. The van der Waals surface area contributed by atoms with Gasteiger partial charge < -0.3 is 9.88 Å². The summed E-state index contributed by atoms with van der Waals surface area (Å²) in [6.07, 6.45) is 4.48. The standard InChI is InChI=1S/C21H19F3N4O/c1-10(21(29)27-19-3-2-11(22)8-25-19)20-13-4-12(5-14(13)20)28-9-26-17-6-15(23)16(24)7-18(17)28/h2-3,6-10,12-14,20H,4-5H2,1H3,(H,25,27,29)/t10?,12-,13-,14+,20-. The van der Waals surface area contributed by atoms with Crippen LogP contribution in [0.2, 0.25) is 0 Å². The Bertz CT molecular complexity index is 1090. The predicted octanol–water partition coefficient (Wildman–Crippen LogP) is 4.32. The summed E-state index contributed by atoms with van der Waals surface area (Å²) in [5, 5.41) is 2.74. The van der Waals surface area contributed by atoms with Crippen molar-refractivity contribution in [1.29, 1.82) is 0 Å². The van der Waals surface area contributed by atoms with Crippen molar-refractivity contribution in [2.45, 2.75) is 25.8 Å². The van der Waals surface area contributed by atoms with Gasteiger partial charge in [-0.2, -0.15) is 0 Å². The van der Waals surface area contributed by atoms with E-state index in [1.807, 2.05) is 11.5 Å². The van der Waals surface area contributed by atoms with Crippen LogP contribution in [-0.4, -0.2) is 20.4 Å². The number of anilines is 1. The van der Waals surface area contributed by atoms with Crippen LogP contribution in [0.25, 0.3) is 11.0 Å². The molecule has 5 nitrogen and oxygen atoms in total. The highest BCUT2D eigenvalue weighted by atomic mass is 19.2. The molecule has 8 heteroatoms. The van der Waals surface area contributed by atoms with Gasteiger partial charge in [-0.1, -0.05) is 6.92 Å². The Kier molecular flexibility index (Phi) is 4.11. The molecule has 3 aromatic rings. The Morgan fingerprint density at radius 2 is 1.86 bits per heavy atom. The van der Waals surface area contributed by atoms with Crippen molar-refractivity contribution < 1.29 is 18.0 Å². The maximum atomic E-state index is 13.6. The number of hydrogen-bond donors (Lipinski definition) is 1. The third-order valence-corrected chi connectivity index (χ3v) is 6.47. The van der Waals surface area contributed by atoms with Crippen molar-refractivity contribution in [3.63, 3.8) is 0 Å². The SMILES string of the molecule is CC(C(=O)Nc1ccc(F)cn1)[C@@H]1[C@@H]2C[C@@H](n3cnc4cc(F)c(F)cc43)C[C@@H]21. The number of amides is 1. The highest BCUT2D eigenvalue weighted by molar-refractivity contribution is 5.91. The molecule has 150 valence electrons. The molecule has 0 aliphatic heterocycles. The lowest BCUT2D eigenvalue weighted by molar-refractivity contribution is -0.120. The molecule has 0 bridgehead atoms. The van der Waals surface area contributed by atoms with E-state index in [-0.39, 0.29) is 23.8 Å². The second kappa shape index (κ2) is 6.57. The molecule has 2 fully saturated rings. The second-order valence-electron chi connectivity index (χ2n) is 8.08. The summed E-state index contributed by atoms with van der Waals surface area (Å²) in [5.41, 5.74) is 1.04. The van der Waals surface area contributed by atoms with Crippen LogP contribution in [0, 0.1) is 41.1 Å². The van der Waals surface area contributed by atoms with E-state index >= 15 is 0 Å². The number of benzene rings is 1. The minimum Gasteiger partial charge on any atom is -0.327 e. The van der Waals surface area contributed by atoms with E-state index in [0.29, 0.717) is 28.7 Å². The van der Waals surface area contributed by atoms with E-state index in [0.717, 1.165) is 25.1 Å². The van der Waals surface area contributed by atoms with Gasteiger partial charge in [0.15, 0.2) is 11.6 Å². The largest absolute Gasteiger partial charge is 0.327 e. The number of aromatic nitrogens is 3. The van der Waals surface area contributed by atoms with Crippen LogP contribution < -0.4 is 5.32 Å². The van der Waals surface area contributed by atoms with E-state index in [1.54, 1.807) is 6.33 Å². The number of carbonyl (C=O) groups excluding carboxylic acids is 1. The lowest BCUT2D eigenvalue weighted by Crippen LogP contribution is -2.24. The van der Waals surface area contributed by atoms with Crippen molar-refractivity contribution in [3.05, 3.63) is 54.2 Å². The van der Waals surface area contributed by atoms with Crippen LogP contribution in [-0.2, 0) is 4.79 Å². The van der Waals surface area contributed by atoms with E-state index in [1.165, 1.54) is 18.2 Å². The van der Waals surface area contributed by atoms with Gasteiger partial charge in [0, 0.05) is 24.1 Å². The smallest absolute Gasteiger partial charge is 0.228 e. The molecule has 2 aliphatic carbocycles. The summed E-state index contributed by atoms with van der Waals surface area (Å²) in [4.78, 5) is 20.6. The molecule has 0 spiro atoms. The number of nitrogens with one attached hydrogen (secondary N) is 1. The van der Waals surface area contributed by atoms with Crippen molar-refractivity contribution in [3.8, 4) is 0 Å². The quantitative estimate of drug-likeness (QED) is 0.710. The summed E-state index contributed by atoms with van der Waals surface area (Å²) in [6, 6.07) is 5.19. The molecule has 1 aromatic carbocycles. The average molecular weight is 400 g/mol. The summed E-state index contributed by atoms with van der Waals surface area (Å²) in [5.74, 6) is -1.05. The zero-order valence-corrected chi connectivity index (χ0v) is 15.6. The number of pyridine rings is 1. The molecule has 1 unspecified atom stereocenters. The molecule has 2 aromatic heterocycles. The maximum Gasteiger partial charge on any atom is 0.228 e. The van der Waals surface area contributed by atoms with Crippen molar-refractivity contribution in [2.24, 2.45) is 23.7 Å². The first-order chi connectivity index (χ1) is 13.9. The molecule has 1 amide bonds. The Hall–Kier alpha value is -2.90. The Labute approximate surface area is 165 Å². The highest BCUT2D eigenvalue weighted by Gasteiger charge is 2.59. The maximum absolute atomic E-state index is 13.6. The van der Waals surface area contributed by atoms with Crippen LogP contribution in [0.15, 0.2) is 36.8 Å². The monoisotopic (exact) mass is 400 g/mol. The normalized spacial score (nSPS) is 26.3. The van der Waals surface area contributed by atoms with E-state index in [2.05, 4.69) is 15.3 Å². The second-order valence-corrected chi connectivity index (χ2v) is 8.08. The van der Waals surface area contributed by atoms with Crippen LogP contribution >= 0.6 is 0 Å². The lowest BCUT2D eigenvalue weighted by Gasteiger charge is -2.19. The average Bonchev–Trinajstić information content (AvgIpc) is 3.02. The zero-order chi connectivity index (χ0) is 20.3. The topological polar surface area (TPSA) is 59.8 Å². The molecule has 2 heterocycles. The van der Waals surface area contributed by atoms with Crippen LogP contribution in [0.3, 0.4) is 0 Å². The fourth-order valence-electron chi connectivity index (χ4n) is 5.01. The number of hydrogen-bond acceptors (Lipinski definition) is 3. The van der Waals surface area contributed by atoms with Gasteiger partial charge in [0.1, 0.15) is 11.6 Å². The fourth-order valence-corrected chi connectivity index (χ4v) is 5.01. The first kappa shape index (κ1) is 18.1. The van der Waals surface area contributed by atoms with Crippen molar-refractivity contribution in [2.75, 3.05) is 5.32 Å². The first-order valence-electron chi connectivity index (χ1n) is 9.66. The Morgan fingerprint density at radius 3 is 2.55 bits per heavy atom.